The second kappa shape index (κ2) is 8.46. The molecule has 1 aromatic heterocycles. The summed E-state index contributed by atoms with van der Waals surface area (Å²) in [4.78, 5) is 5.10. The zero-order valence-electron chi connectivity index (χ0n) is 9.57. The van der Waals surface area contributed by atoms with Crippen molar-refractivity contribution in [2.24, 2.45) is 5.84 Å². The normalized spacial score (nSPS) is 10.6. The number of nitrogens with zero attached hydrogens (tertiary/aromatic N) is 1. The van der Waals surface area contributed by atoms with Crippen molar-refractivity contribution in [3.8, 4) is 0 Å². The van der Waals surface area contributed by atoms with Gasteiger partial charge < -0.3 is 9.47 Å². The van der Waals surface area contributed by atoms with E-state index in [0.29, 0.717) is 25.0 Å². The summed E-state index contributed by atoms with van der Waals surface area (Å²) in [7, 11) is 0. The lowest BCUT2D eigenvalue weighted by molar-refractivity contribution is 0.0405. The van der Waals surface area contributed by atoms with Crippen molar-refractivity contribution in [2.75, 3.05) is 25.2 Å². The van der Waals surface area contributed by atoms with Gasteiger partial charge in [0.1, 0.15) is 0 Å². The van der Waals surface area contributed by atoms with Gasteiger partial charge in [-0.05, 0) is 6.42 Å². The number of rotatable bonds is 9. The SMILES string of the molecule is CCCCOCCOCc1cnc(NN)s1. The number of hydrogen-bond donors (Lipinski definition) is 2. The zero-order chi connectivity index (χ0) is 11.6. The first-order valence-corrected chi connectivity index (χ1v) is 6.25. The Kier molecular flexibility index (Phi) is 7.07. The summed E-state index contributed by atoms with van der Waals surface area (Å²) in [5.41, 5.74) is 2.50. The summed E-state index contributed by atoms with van der Waals surface area (Å²) in [5.74, 6) is 5.22. The van der Waals surface area contributed by atoms with Crippen molar-refractivity contribution < 1.29 is 9.47 Å². The van der Waals surface area contributed by atoms with E-state index in [4.69, 9.17) is 15.3 Å². The highest BCUT2D eigenvalue weighted by Gasteiger charge is 1.99. The van der Waals surface area contributed by atoms with Gasteiger partial charge in [-0.1, -0.05) is 24.7 Å². The van der Waals surface area contributed by atoms with Gasteiger partial charge in [-0.25, -0.2) is 10.8 Å². The molecule has 0 saturated heterocycles. The van der Waals surface area contributed by atoms with Crippen LogP contribution < -0.4 is 11.3 Å². The van der Waals surface area contributed by atoms with Gasteiger partial charge >= 0.3 is 0 Å². The molecule has 5 nitrogen and oxygen atoms in total. The second-order valence-corrected chi connectivity index (χ2v) is 4.41. The van der Waals surface area contributed by atoms with E-state index in [1.165, 1.54) is 11.3 Å². The molecule has 0 aromatic carbocycles. The van der Waals surface area contributed by atoms with Crippen LogP contribution >= 0.6 is 11.3 Å². The molecule has 16 heavy (non-hydrogen) atoms. The summed E-state index contributed by atoms with van der Waals surface area (Å²) in [6.07, 6.45) is 4.04. The summed E-state index contributed by atoms with van der Waals surface area (Å²) < 4.78 is 10.8. The number of anilines is 1. The van der Waals surface area contributed by atoms with E-state index in [1.54, 1.807) is 6.20 Å². The van der Waals surface area contributed by atoms with Crippen molar-refractivity contribution in [1.29, 1.82) is 0 Å². The van der Waals surface area contributed by atoms with Gasteiger partial charge in [-0.15, -0.1) is 0 Å². The van der Waals surface area contributed by atoms with E-state index in [9.17, 15) is 0 Å². The molecule has 92 valence electrons. The number of nitrogens with two attached hydrogens (primary N) is 1. The van der Waals surface area contributed by atoms with Gasteiger partial charge in [0.25, 0.3) is 0 Å². The third-order valence-electron chi connectivity index (χ3n) is 1.94. The highest BCUT2D eigenvalue weighted by molar-refractivity contribution is 7.15. The maximum Gasteiger partial charge on any atom is 0.197 e. The molecule has 1 rings (SSSR count). The van der Waals surface area contributed by atoms with Crippen LogP contribution in [0.3, 0.4) is 0 Å². The highest BCUT2D eigenvalue weighted by Crippen LogP contribution is 2.17. The van der Waals surface area contributed by atoms with Crippen LogP contribution in [0.4, 0.5) is 5.13 Å². The number of nitrogen functional groups attached to an aromatic ring is 1. The molecular formula is C10H19N3O2S. The molecule has 0 saturated carbocycles. The van der Waals surface area contributed by atoms with Crippen LogP contribution in [0.15, 0.2) is 6.20 Å². The van der Waals surface area contributed by atoms with E-state index in [2.05, 4.69) is 17.3 Å². The summed E-state index contributed by atoms with van der Waals surface area (Å²) in [6.45, 7) is 4.80. The molecule has 0 fully saturated rings. The molecular weight excluding hydrogens is 226 g/mol. The Hall–Kier alpha value is -0.690. The Bertz CT molecular complexity index is 281. The van der Waals surface area contributed by atoms with E-state index in [0.717, 1.165) is 24.3 Å². The van der Waals surface area contributed by atoms with Crippen LogP contribution in [0.1, 0.15) is 24.6 Å². The van der Waals surface area contributed by atoms with E-state index in [-0.39, 0.29) is 0 Å². The maximum absolute atomic E-state index is 5.43. The molecule has 0 spiro atoms. The quantitative estimate of drug-likeness (QED) is 0.394. The van der Waals surface area contributed by atoms with Gasteiger partial charge in [0.05, 0.1) is 24.7 Å². The number of unbranched alkanes of at least 4 members (excludes halogenated alkanes) is 1. The molecule has 3 N–H and O–H groups in total. The molecule has 0 aliphatic carbocycles. The molecule has 0 amide bonds. The van der Waals surface area contributed by atoms with Crippen molar-refractivity contribution in [3.05, 3.63) is 11.1 Å². The Labute approximate surface area is 99.9 Å². The van der Waals surface area contributed by atoms with Crippen LogP contribution in [-0.2, 0) is 16.1 Å². The minimum atomic E-state index is 0.566. The van der Waals surface area contributed by atoms with Crippen LogP contribution in [0, 0.1) is 0 Å². The van der Waals surface area contributed by atoms with Gasteiger partial charge in [0.15, 0.2) is 5.13 Å². The highest BCUT2D eigenvalue weighted by atomic mass is 32.1. The fourth-order valence-electron chi connectivity index (χ4n) is 1.08. The topological polar surface area (TPSA) is 69.4 Å². The number of ether oxygens (including phenoxy) is 2. The third-order valence-corrected chi connectivity index (χ3v) is 2.84. The lowest BCUT2D eigenvalue weighted by atomic mass is 10.4. The minimum absolute atomic E-state index is 0.566. The smallest absolute Gasteiger partial charge is 0.197 e. The number of hydrogen-bond acceptors (Lipinski definition) is 6. The summed E-state index contributed by atoms with van der Waals surface area (Å²) in [5, 5.41) is 0.706. The van der Waals surface area contributed by atoms with Crippen molar-refractivity contribution >= 4 is 16.5 Å². The van der Waals surface area contributed by atoms with E-state index >= 15 is 0 Å². The van der Waals surface area contributed by atoms with Gasteiger partial charge in [0.2, 0.25) is 0 Å². The Morgan fingerprint density at radius 1 is 1.38 bits per heavy atom. The predicted octanol–water partition coefficient (Wildman–Crippen LogP) is 1.76. The first-order chi connectivity index (χ1) is 7.86. The molecule has 0 unspecified atom stereocenters. The van der Waals surface area contributed by atoms with Crippen LogP contribution in [0.2, 0.25) is 0 Å². The Balaban J connectivity index is 1.98. The van der Waals surface area contributed by atoms with Crippen molar-refractivity contribution in [1.82, 2.24) is 4.98 Å². The molecule has 0 atom stereocenters. The standard InChI is InChI=1S/C10H19N3O2S/c1-2-3-4-14-5-6-15-8-9-7-12-10(13-11)16-9/h7H,2-6,8,11H2,1H3,(H,12,13). The largest absolute Gasteiger partial charge is 0.379 e. The zero-order valence-corrected chi connectivity index (χ0v) is 10.4. The molecule has 0 bridgehead atoms. The van der Waals surface area contributed by atoms with Gasteiger partial charge in [-0.3, -0.25) is 5.43 Å². The molecule has 0 aliphatic rings. The average Bonchev–Trinajstić information content (AvgIpc) is 2.76. The van der Waals surface area contributed by atoms with Crippen LogP contribution in [-0.4, -0.2) is 24.8 Å². The Morgan fingerprint density at radius 3 is 2.88 bits per heavy atom. The number of nitrogens with one attached hydrogen (secondary N) is 1. The molecule has 0 aliphatic heterocycles. The first-order valence-electron chi connectivity index (χ1n) is 5.43. The molecule has 0 radical (unpaired) electrons. The molecule has 6 heteroatoms. The van der Waals surface area contributed by atoms with Crippen LogP contribution in [0.5, 0.6) is 0 Å². The van der Waals surface area contributed by atoms with E-state index in [1.807, 2.05) is 0 Å². The fraction of sp³-hybridized carbons (Fsp3) is 0.700. The van der Waals surface area contributed by atoms with E-state index < -0.39 is 0 Å². The van der Waals surface area contributed by atoms with Crippen molar-refractivity contribution in [2.45, 2.75) is 26.4 Å². The summed E-state index contributed by atoms with van der Waals surface area (Å²) >= 11 is 1.49. The number of aromatic nitrogens is 1. The molecule has 1 heterocycles. The average molecular weight is 245 g/mol. The predicted molar refractivity (Wildman–Crippen MR) is 65.3 cm³/mol. The fourth-order valence-corrected chi connectivity index (χ4v) is 1.74. The minimum Gasteiger partial charge on any atom is -0.379 e. The van der Waals surface area contributed by atoms with Gasteiger partial charge in [-0.2, -0.15) is 0 Å². The third kappa shape index (κ3) is 5.41. The molecule has 1 aromatic rings. The first kappa shape index (κ1) is 13.4. The number of hydrazine groups is 1. The van der Waals surface area contributed by atoms with Gasteiger partial charge in [0, 0.05) is 12.8 Å². The number of thiazole rings is 1. The van der Waals surface area contributed by atoms with Crippen molar-refractivity contribution in [3.63, 3.8) is 0 Å². The summed E-state index contributed by atoms with van der Waals surface area (Å²) in [6, 6.07) is 0. The monoisotopic (exact) mass is 245 g/mol. The maximum atomic E-state index is 5.43. The lowest BCUT2D eigenvalue weighted by Crippen LogP contribution is -2.05. The Morgan fingerprint density at radius 2 is 2.19 bits per heavy atom. The van der Waals surface area contributed by atoms with Crippen LogP contribution in [0.25, 0.3) is 0 Å². The second-order valence-electron chi connectivity index (χ2n) is 3.29. The lowest BCUT2D eigenvalue weighted by Gasteiger charge is -2.03.